The Morgan fingerprint density at radius 3 is 2.53 bits per heavy atom. The van der Waals surface area contributed by atoms with Gasteiger partial charge in [-0.1, -0.05) is 19.9 Å². The van der Waals surface area contributed by atoms with Crippen LogP contribution in [0.15, 0.2) is 40.1 Å². The van der Waals surface area contributed by atoms with Crippen LogP contribution in [0, 0.1) is 5.92 Å². The number of carbonyl (C=O) groups excluding carboxylic acids is 2. The molecular formula is C25H30N4O3S2. The molecule has 34 heavy (non-hydrogen) atoms. The first-order chi connectivity index (χ1) is 16.3. The number of pyridine rings is 1. The van der Waals surface area contributed by atoms with Gasteiger partial charge in [-0.3, -0.25) is 14.4 Å². The van der Waals surface area contributed by atoms with Crippen LogP contribution in [0.1, 0.15) is 59.5 Å². The first-order valence-electron chi connectivity index (χ1n) is 11.6. The molecule has 1 saturated heterocycles. The molecule has 4 rings (SSSR count). The topological polar surface area (TPSA) is 75.5 Å². The fourth-order valence-electron chi connectivity index (χ4n) is 4.14. The quantitative estimate of drug-likeness (QED) is 0.478. The van der Waals surface area contributed by atoms with E-state index in [2.05, 4.69) is 18.8 Å². The Labute approximate surface area is 207 Å². The fraction of sp³-hybridized carbons (Fsp3) is 0.440. The highest BCUT2D eigenvalue weighted by atomic mass is 32.1. The zero-order chi connectivity index (χ0) is 24.2. The number of carbonyl (C=O) groups is 2. The number of likely N-dealkylation sites (tertiary alicyclic amines) is 1. The smallest absolute Gasteiger partial charge is 0.259 e. The zero-order valence-corrected chi connectivity index (χ0v) is 21.5. The minimum absolute atomic E-state index is 0.0275. The number of aromatic nitrogens is 2. The zero-order valence-electron chi connectivity index (χ0n) is 19.8. The molecule has 0 aliphatic carbocycles. The second-order valence-corrected chi connectivity index (χ2v) is 10.9. The lowest BCUT2D eigenvalue weighted by Gasteiger charge is -2.27. The highest BCUT2D eigenvalue weighted by Gasteiger charge is 2.26. The molecule has 3 aromatic heterocycles. The third kappa shape index (κ3) is 5.47. The van der Waals surface area contributed by atoms with Crippen LogP contribution in [0.25, 0.3) is 9.88 Å². The molecule has 3 aromatic rings. The average molecular weight is 499 g/mol. The molecule has 0 radical (unpaired) electrons. The second-order valence-electron chi connectivity index (χ2n) is 9.14. The molecule has 4 heterocycles. The van der Waals surface area contributed by atoms with Crippen LogP contribution in [0.3, 0.4) is 0 Å². The minimum Gasteiger partial charge on any atom is -0.352 e. The van der Waals surface area contributed by atoms with Gasteiger partial charge in [0, 0.05) is 44.5 Å². The summed E-state index contributed by atoms with van der Waals surface area (Å²) in [5, 5.41) is 4.86. The fourth-order valence-corrected chi connectivity index (χ4v) is 5.77. The summed E-state index contributed by atoms with van der Waals surface area (Å²) in [5.74, 6) is -0.382. The van der Waals surface area contributed by atoms with E-state index in [0.29, 0.717) is 25.6 Å². The third-order valence-electron chi connectivity index (χ3n) is 5.79. The largest absolute Gasteiger partial charge is 0.352 e. The van der Waals surface area contributed by atoms with E-state index < -0.39 is 11.3 Å². The summed E-state index contributed by atoms with van der Waals surface area (Å²) in [6.07, 6.45) is 6.17. The molecular weight excluding hydrogens is 468 g/mol. The Kier molecular flexibility index (Phi) is 7.63. The van der Waals surface area contributed by atoms with Crippen molar-refractivity contribution in [1.82, 2.24) is 19.4 Å². The first kappa shape index (κ1) is 24.3. The highest BCUT2D eigenvalue weighted by molar-refractivity contribution is 7.20. The van der Waals surface area contributed by atoms with E-state index in [4.69, 9.17) is 0 Å². The van der Waals surface area contributed by atoms with Gasteiger partial charge in [0.2, 0.25) is 5.43 Å². The van der Waals surface area contributed by atoms with Crippen molar-refractivity contribution in [1.29, 1.82) is 0 Å². The average Bonchev–Trinajstić information content (AvgIpc) is 3.51. The van der Waals surface area contributed by atoms with Gasteiger partial charge in [-0.15, -0.1) is 22.7 Å². The minimum atomic E-state index is -0.495. The molecule has 0 unspecified atom stereocenters. The SMILES string of the molecule is CC(C)Cn1cc(C(=O)N(C)Cc2csc(-c3cccs3)n2)c(=O)c(C(=O)N2CCCCC2)c1. The van der Waals surface area contributed by atoms with Crippen LogP contribution in [0.4, 0.5) is 0 Å². The van der Waals surface area contributed by atoms with E-state index in [-0.39, 0.29) is 23.6 Å². The maximum absolute atomic E-state index is 13.4. The van der Waals surface area contributed by atoms with Gasteiger partial charge in [0.05, 0.1) is 17.1 Å². The molecule has 0 saturated carbocycles. The molecule has 180 valence electrons. The van der Waals surface area contributed by atoms with Crippen molar-refractivity contribution in [2.75, 3.05) is 20.1 Å². The number of nitrogens with zero attached hydrogens (tertiary/aromatic N) is 4. The maximum atomic E-state index is 13.4. The standard InChI is InChI=1S/C25H30N4O3S2/c1-17(2)12-28-14-19(22(30)20(15-28)25(32)29-9-5-4-6-10-29)24(31)27(3)13-18-16-34-23(26-18)21-8-7-11-33-21/h7-8,11,14-17H,4-6,9-10,12-13H2,1-3H3. The van der Waals surface area contributed by atoms with Crippen molar-refractivity contribution in [2.45, 2.75) is 46.2 Å². The van der Waals surface area contributed by atoms with E-state index in [1.54, 1.807) is 35.7 Å². The lowest BCUT2D eigenvalue weighted by atomic mass is 10.1. The van der Waals surface area contributed by atoms with Gasteiger partial charge in [-0.2, -0.15) is 0 Å². The number of hydrogen-bond donors (Lipinski definition) is 0. The van der Waals surface area contributed by atoms with Crippen LogP contribution < -0.4 is 5.43 Å². The second kappa shape index (κ2) is 10.7. The predicted octanol–water partition coefficient (Wildman–Crippen LogP) is 4.59. The molecule has 0 atom stereocenters. The van der Waals surface area contributed by atoms with E-state index >= 15 is 0 Å². The molecule has 0 N–H and O–H groups in total. The number of amides is 2. The van der Waals surface area contributed by atoms with Crippen LogP contribution in [-0.2, 0) is 13.1 Å². The Morgan fingerprint density at radius 2 is 1.85 bits per heavy atom. The highest BCUT2D eigenvalue weighted by Crippen LogP contribution is 2.28. The monoisotopic (exact) mass is 498 g/mol. The van der Waals surface area contributed by atoms with Gasteiger partial charge in [0.1, 0.15) is 16.1 Å². The Balaban J connectivity index is 1.60. The number of thiophene rings is 1. The van der Waals surface area contributed by atoms with E-state index in [1.807, 2.05) is 27.5 Å². The van der Waals surface area contributed by atoms with Gasteiger partial charge in [-0.05, 0) is 36.6 Å². The van der Waals surface area contributed by atoms with Crippen LogP contribution in [0.2, 0.25) is 0 Å². The maximum Gasteiger partial charge on any atom is 0.259 e. The van der Waals surface area contributed by atoms with Crippen molar-refractivity contribution in [3.63, 3.8) is 0 Å². The van der Waals surface area contributed by atoms with Crippen molar-refractivity contribution in [3.8, 4) is 9.88 Å². The summed E-state index contributed by atoms with van der Waals surface area (Å²) in [5.41, 5.74) is 0.382. The first-order valence-corrected chi connectivity index (χ1v) is 13.4. The number of piperidine rings is 1. The lowest BCUT2D eigenvalue weighted by molar-refractivity contribution is 0.0721. The molecule has 1 fully saturated rings. The van der Waals surface area contributed by atoms with Crippen LogP contribution in [-0.4, -0.2) is 51.3 Å². The molecule has 1 aliphatic rings. The van der Waals surface area contributed by atoms with Gasteiger partial charge >= 0.3 is 0 Å². The van der Waals surface area contributed by atoms with Crippen molar-refractivity contribution in [2.24, 2.45) is 5.92 Å². The Hall–Kier alpha value is -2.78. The van der Waals surface area contributed by atoms with Gasteiger partial charge in [0.25, 0.3) is 11.8 Å². The van der Waals surface area contributed by atoms with Gasteiger partial charge < -0.3 is 14.4 Å². The number of hydrogen-bond acceptors (Lipinski definition) is 6. The predicted molar refractivity (Wildman–Crippen MR) is 137 cm³/mol. The van der Waals surface area contributed by atoms with Gasteiger partial charge in [0.15, 0.2) is 0 Å². The summed E-state index contributed by atoms with van der Waals surface area (Å²) >= 11 is 3.16. The van der Waals surface area contributed by atoms with Crippen molar-refractivity contribution < 1.29 is 9.59 Å². The summed E-state index contributed by atoms with van der Waals surface area (Å²) in [4.78, 5) is 48.8. The molecule has 1 aliphatic heterocycles. The number of thiazole rings is 1. The molecule has 9 heteroatoms. The van der Waals surface area contributed by atoms with E-state index in [9.17, 15) is 14.4 Å². The Morgan fingerprint density at radius 1 is 1.12 bits per heavy atom. The summed E-state index contributed by atoms with van der Waals surface area (Å²) in [7, 11) is 1.66. The lowest BCUT2D eigenvalue weighted by Crippen LogP contribution is -2.40. The molecule has 0 aromatic carbocycles. The normalized spacial score (nSPS) is 13.9. The number of rotatable bonds is 7. The molecule has 7 nitrogen and oxygen atoms in total. The Bertz CT molecular complexity index is 1210. The van der Waals surface area contributed by atoms with Crippen LogP contribution in [0.5, 0.6) is 0 Å². The summed E-state index contributed by atoms with van der Waals surface area (Å²) in [6, 6.07) is 4.00. The van der Waals surface area contributed by atoms with Crippen LogP contribution >= 0.6 is 22.7 Å². The summed E-state index contributed by atoms with van der Waals surface area (Å²) < 4.78 is 1.81. The third-order valence-corrected chi connectivity index (χ3v) is 7.72. The van der Waals surface area contributed by atoms with Crippen molar-refractivity contribution >= 4 is 34.5 Å². The van der Waals surface area contributed by atoms with Gasteiger partial charge in [-0.25, -0.2) is 4.98 Å². The van der Waals surface area contributed by atoms with E-state index in [0.717, 1.165) is 34.8 Å². The summed E-state index contributed by atoms with van der Waals surface area (Å²) in [6.45, 7) is 6.32. The van der Waals surface area contributed by atoms with Crippen molar-refractivity contribution in [3.05, 3.63) is 62.3 Å². The molecule has 2 amide bonds. The molecule has 0 spiro atoms. The van der Waals surface area contributed by atoms with E-state index in [1.165, 1.54) is 16.2 Å². The molecule has 0 bridgehead atoms.